The van der Waals surface area contributed by atoms with Crippen molar-refractivity contribution in [2.45, 2.75) is 157 Å². The number of ether oxygens (including phenoxy) is 1. The fourth-order valence-electron chi connectivity index (χ4n) is 12.9. The number of carbonyl (C=O) groups excluding carboxylic acids is 2. The van der Waals surface area contributed by atoms with E-state index in [-0.39, 0.29) is 56.8 Å². The molecule has 1 N–H and O–H groups in total. The van der Waals surface area contributed by atoms with Gasteiger partial charge in [-0.2, -0.15) is 0 Å². The van der Waals surface area contributed by atoms with Crippen LogP contribution in [0.4, 0.5) is 0 Å². The van der Waals surface area contributed by atoms with Crippen molar-refractivity contribution < 1.29 is 24.2 Å². The van der Waals surface area contributed by atoms with E-state index >= 15 is 0 Å². The van der Waals surface area contributed by atoms with Crippen molar-refractivity contribution in [3.63, 3.8) is 0 Å². The van der Waals surface area contributed by atoms with Gasteiger partial charge in [-0.25, -0.2) is 0 Å². The van der Waals surface area contributed by atoms with Crippen molar-refractivity contribution in [3.05, 3.63) is 72.9 Å². The molecule has 0 amide bonds. The predicted octanol–water partition coefficient (Wildman–Crippen LogP) is 10.7. The quantitative estimate of drug-likeness (QED) is 0.176. The minimum absolute atomic E-state index is 0.0174. The number of esters is 1. The van der Waals surface area contributed by atoms with Gasteiger partial charge in [0.1, 0.15) is 11.1 Å². The van der Waals surface area contributed by atoms with Gasteiger partial charge in [-0.1, -0.05) is 71.7 Å². The zero-order chi connectivity index (χ0) is 45.0. The molecule has 61 heavy (non-hydrogen) atoms. The van der Waals surface area contributed by atoms with Crippen molar-refractivity contribution >= 4 is 40.9 Å². The highest BCUT2D eigenvalue weighted by molar-refractivity contribution is 6.31. The smallest absolute Gasteiger partial charge is 0.309 e. The number of carbonyl (C=O) groups is 3. The number of carboxylic acid groups (broad SMARTS) is 1. The topological polar surface area (TPSA) is 119 Å². The third-order valence-corrected chi connectivity index (χ3v) is 17.4. The van der Waals surface area contributed by atoms with Crippen molar-refractivity contribution in [1.82, 2.24) is 14.5 Å². The number of allylic oxidation sites excluding steroid dienone is 2. The molecule has 2 aromatic heterocycles. The Hall–Kier alpha value is -3.01. The van der Waals surface area contributed by atoms with E-state index in [9.17, 15) is 24.3 Å². The summed E-state index contributed by atoms with van der Waals surface area (Å²) in [5.41, 5.74) is 2.34. The van der Waals surface area contributed by atoms with Crippen molar-refractivity contribution in [1.29, 1.82) is 0 Å². The van der Waals surface area contributed by atoms with E-state index in [4.69, 9.17) is 27.9 Å². The monoisotopic (exact) mass is 879 g/mol. The number of hydrogen-bond acceptors (Lipinski definition) is 7. The van der Waals surface area contributed by atoms with Gasteiger partial charge < -0.3 is 19.3 Å². The minimum atomic E-state index is -1.19. The summed E-state index contributed by atoms with van der Waals surface area (Å²) in [4.78, 5) is 60.4. The Balaban J connectivity index is 1.41. The predicted molar refractivity (Wildman–Crippen MR) is 243 cm³/mol. The lowest BCUT2D eigenvalue weighted by Crippen LogP contribution is -2.62. The van der Waals surface area contributed by atoms with E-state index in [1.807, 2.05) is 33.2 Å². The summed E-state index contributed by atoms with van der Waals surface area (Å²) in [5.74, 6) is -0.244. The number of rotatable bonds is 15. The highest BCUT2D eigenvalue weighted by atomic mass is 35.5. The SMILES string of the molecule is CC[C@H](CC[C@@]1(C)[C@H](C)CC[C@]2(C)[C@@H]1CC[C@@H]1C3=C(C(C)C)C(=O)C[C@]3(c3c(Cl)c(=O)cc(Cc4ccc(Cl)cn4)n3CCN(C)C)CC[C@]12C)OC(=O)CC(C)(C)C(=O)O. The number of hydrogen-bond donors (Lipinski definition) is 1. The number of pyridine rings is 2. The molecule has 336 valence electrons. The second kappa shape index (κ2) is 17.5. The van der Waals surface area contributed by atoms with Crippen LogP contribution < -0.4 is 5.43 Å². The number of nitrogens with zero attached hydrogens (tertiary/aromatic N) is 3. The van der Waals surface area contributed by atoms with Crippen molar-refractivity contribution in [3.8, 4) is 0 Å². The third kappa shape index (κ3) is 8.43. The summed E-state index contributed by atoms with van der Waals surface area (Å²) in [7, 11) is 4.09. The molecule has 0 radical (unpaired) electrons. The Labute approximate surface area is 374 Å². The number of carboxylic acids is 1. The zero-order valence-corrected chi connectivity index (χ0v) is 40.2. The summed E-state index contributed by atoms with van der Waals surface area (Å²) in [6.45, 7) is 20.7. The third-order valence-electron chi connectivity index (χ3n) is 16.8. The van der Waals surface area contributed by atoms with E-state index in [2.05, 4.69) is 56.0 Å². The lowest BCUT2D eigenvalue weighted by molar-refractivity contribution is -0.184. The second-order valence-corrected chi connectivity index (χ2v) is 22.1. The molecule has 6 rings (SSSR count). The average molecular weight is 881 g/mol. The summed E-state index contributed by atoms with van der Waals surface area (Å²) in [5, 5.41) is 10.4. The molecular formula is C50H71Cl2N3O6. The second-order valence-electron chi connectivity index (χ2n) is 21.3. The van der Waals surface area contributed by atoms with Gasteiger partial charge in [0.05, 0.1) is 22.6 Å². The molecule has 0 spiro atoms. The van der Waals surface area contributed by atoms with Crippen molar-refractivity contribution in [2.24, 2.45) is 45.3 Å². The Bertz CT molecular complexity index is 2110. The van der Waals surface area contributed by atoms with Gasteiger partial charge in [0.15, 0.2) is 5.78 Å². The number of halogens is 2. The normalized spacial score (nSPS) is 30.6. The number of Topliss-reactive ketones (excluding diaryl/α,β-unsaturated/α-hetero) is 1. The number of fused-ring (bicyclic) bond motifs is 5. The first-order chi connectivity index (χ1) is 28.5. The first kappa shape index (κ1) is 47.5. The van der Waals surface area contributed by atoms with E-state index < -0.39 is 22.8 Å². The molecule has 8 atom stereocenters. The van der Waals surface area contributed by atoms with Gasteiger partial charge in [0.2, 0.25) is 5.43 Å². The summed E-state index contributed by atoms with van der Waals surface area (Å²) in [6, 6.07) is 5.40. The van der Waals surface area contributed by atoms with Gasteiger partial charge in [-0.3, -0.25) is 24.2 Å². The van der Waals surface area contributed by atoms with Crippen LogP contribution in [0.1, 0.15) is 150 Å². The van der Waals surface area contributed by atoms with Crippen LogP contribution in [-0.2, 0) is 37.5 Å². The number of aliphatic carboxylic acids is 1. The van der Waals surface area contributed by atoms with E-state index in [0.29, 0.717) is 42.7 Å². The van der Waals surface area contributed by atoms with E-state index in [1.165, 1.54) is 5.57 Å². The van der Waals surface area contributed by atoms with Crippen LogP contribution in [0.25, 0.3) is 0 Å². The Kier molecular flexibility index (Phi) is 13.6. The summed E-state index contributed by atoms with van der Waals surface area (Å²) in [6.07, 6.45) is 10.1. The van der Waals surface area contributed by atoms with Crippen LogP contribution >= 0.6 is 23.2 Å². The standard InChI is InChI=1S/C50H71Cl2N3O6/c1-12-35(61-40(58)28-46(5,6)45(59)60)18-19-47(7)31(4)17-20-49(9)39(47)16-15-36-42-41(30(2)3)38(57)27-50(42,22-21-48(36,49)8)44-43(52)37(56)26-34(55(44)24-23-54(10)11)25-33-14-13-32(51)29-53-33/h13-14,26,29-31,35-36,39H,12,15-25,27-28H2,1-11H3,(H,59,60)/t31-,35-,36-,39-,47+,48-,49-,50-/m1/s1. The van der Waals surface area contributed by atoms with Crippen LogP contribution in [0.5, 0.6) is 0 Å². The van der Waals surface area contributed by atoms with Crippen LogP contribution in [-0.4, -0.2) is 64.0 Å². The largest absolute Gasteiger partial charge is 0.481 e. The van der Waals surface area contributed by atoms with Crippen LogP contribution in [0.3, 0.4) is 0 Å². The van der Waals surface area contributed by atoms with Gasteiger partial charge in [0.25, 0.3) is 0 Å². The molecule has 0 aromatic carbocycles. The van der Waals surface area contributed by atoms with Gasteiger partial charge in [-0.05, 0) is 149 Å². The minimum Gasteiger partial charge on any atom is -0.481 e. The van der Waals surface area contributed by atoms with Crippen molar-refractivity contribution in [2.75, 3.05) is 20.6 Å². The van der Waals surface area contributed by atoms with Crippen LogP contribution in [0.2, 0.25) is 10.0 Å². The van der Waals surface area contributed by atoms with Crippen LogP contribution in [0.15, 0.2) is 40.3 Å². The molecule has 2 heterocycles. The lowest BCUT2D eigenvalue weighted by atomic mass is 9.35. The van der Waals surface area contributed by atoms with Gasteiger partial charge >= 0.3 is 11.9 Å². The zero-order valence-electron chi connectivity index (χ0n) is 38.7. The lowest BCUT2D eigenvalue weighted by Gasteiger charge is -2.69. The molecule has 0 aliphatic heterocycles. The van der Waals surface area contributed by atoms with Crippen LogP contribution in [0, 0.1) is 45.3 Å². The first-order valence-electron chi connectivity index (χ1n) is 22.8. The molecule has 0 saturated heterocycles. The highest BCUT2D eigenvalue weighted by Crippen LogP contribution is 2.75. The first-order valence-corrected chi connectivity index (χ1v) is 23.6. The Morgan fingerprint density at radius 2 is 1.75 bits per heavy atom. The maximum absolute atomic E-state index is 14.7. The molecule has 4 aliphatic carbocycles. The number of aromatic nitrogens is 2. The molecule has 2 aromatic rings. The fraction of sp³-hybridized carbons (Fsp3) is 0.700. The van der Waals surface area contributed by atoms with E-state index in [0.717, 1.165) is 80.6 Å². The highest BCUT2D eigenvalue weighted by Gasteiger charge is 2.68. The molecule has 11 heteroatoms. The van der Waals surface area contributed by atoms with Gasteiger partial charge in [-0.15, -0.1) is 0 Å². The molecule has 3 saturated carbocycles. The maximum atomic E-state index is 14.7. The molecule has 4 aliphatic rings. The van der Waals surface area contributed by atoms with E-state index in [1.54, 1.807) is 26.1 Å². The number of likely N-dealkylation sites (N-methyl/N-ethyl adjacent to an activating group) is 1. The molecule has 9 nitrogen and oxygen atoms in total. The summed E-state index contributed by atoms with van der Waals surface area (Å²) < 4.78 is 8.26. The molecule has 0 unspecified atom stereocenters. The molecular weight excluding hydrogens is 809 g/mol. The molecule has 0 bridgehead atoms. The maximum Gasteiger partial charge on any atom is 0.309 e. The average Bonchev–Trinajstić information content (AvgIpc) is 3.49. The van der Waals surface area contributed by atoms with Gasteiger partial charge in [0, 0.05) is 55.0 Å². The Morgan fingerprint density at radius 3 is 2.36 bits per heavy atom. The fourth-order valence-corrected chi connectivity index (χ4v) is 13.3. The Morgan fingerprint density at radius 1 is 1.05 bits per heavy atom. The molecule has 3 fully saturated rings. The number of ketones is 1. The summed E-state index contributed by atoms with van der Waals surface area (Å²) >= 11 is 13.6.